The quantitative estimate of drug-likeness (QED) is 0.250. The third-order valence-corrected chi connectivity index (χ3v) is 5.83. The fourth-order valence-electron chi connectivity index (χ4n) is 2.59. The van der Waals surface area contributed by atoms with Crippen molar-refractivity contribution < 1.29 is 13.2 Å². The van der Waals surface area contributed by atoms with Gasteiger partial charge in [-0.3, -0.25) is 4.99 Å². The average molecular weight is 462 g/mol. The van der Waals surface area contributed by atoms with E-state index in [1.165, 1.54) is 4.31 Å². The largest absolute Gasteiger partial charge is 0.384 e. The van der Waals surface area contributed by atoms with Gasteiger partial charge >= 0.3 is 0 Å². The van der Waals surface area contributed by atoms with E-state index in [0.29, 0.717) is 19.0 Å². The number of methoxy groups -OCH3 is 1. The standard InChI is InChI=1S/C14H30N4O3S.HI/c1-5-22(19,20)17(3)9-6-8-16-14(15-2)18-10-7-13(11-18)12-21-4;/h13H,5-12H2,1-4H3,(H,15,16);1H. The number of rotatable bonds is 8. The zero-order valence-corrected chi connectivity index (χ0v) is 17.8. The summed E-state index contributed by atoms with van der Waals surface area (Å²) in [5.74, 6) is 1.59. The highest BCUT2D eigenvalue weighted by molar-refractivity contribution is 14.0. The molecule has 1 aliphatic rings. The van der Waals surface area contributed by atoms with Gasteiger partial charge in [0.2, 0.25) is 10.0 Å². The first-order valence-electron chi connectivity index (χ1n) is 7.83. The Morgan fingerprint density at radius 1 is 1.48 bits per heavy atom. The maximum atomic E-state index is 11.7. The minimum atomic E-state index is -3.08. The summed E-state index contributed by atoms with van der Waals surface area (Å²) in [7, 11) is 2.06. The van der Waals surface area contributed by atoms with Gasteiger partial charge in [-0.25, -0.2) is 12.7 Å². The molecule has 0 spiro atoms. The number of sulfonamides is 1. The number of hydrogen-bond donors (Lipinski definition) is 1. The highest BCUT2D eigenvalue weighted by Gasteiger charge is 2.24. The highest BCUT2D eigenvalue weighted by atomic mass is 127. The lowest BCUT2D eigenvalue weighted by Crippen LogP contribution is -2.41. The van der Waals surface area contributed by atoms with Crippen LogP contribution in [0.2, 0.25) is 0 Å². The molecular formula is C14H31IN4O3S. The molecule has 1 aliphatic heterocycles. The molecule has 0 aliphatic carbocycles. The minimum Gasteiger partial charge on any atom is -0.384 e. The zero-order chi connectivity index (χ0) is 16.6. The summed E-state index contributed by atoms with van der Waals surface area (Å²) in [6.07, 6.45) is 1.87. The van der Waals surface area contributed by atoms with Crippen molar-refractivity contribution in [2.75, 3.05) is 59.7 Å². The van der Waals surface area contributed by atoms with Gasteiger partial charge in [-0.05, 0) is 19.8 Å². The smallest absolute Gasteiger partial charge is 0.213 e. The third kappa shape index (κ3) is 7.53. The molecule has 1 heterocycles. The molecule has 0 amide bonds. The maximum Gasteiger partial charge on any atom is 0.213 e. The lowest BCUT2D eigenvalue weighted by atomic mass is 10.1. The van der Waals surface area contributed by atoms with E-state index in [-0.39, 0.29) is 29.7 Å². The summed E-state index contributed by atoms with van der Waals surface area (Å²) in [5.41, 5.74) is 0. The Kier molecular flexibility index (Phi) is 11.4. The Morgan fingerprint density at radius 3 is 2.74 bits per heavy atom. The molecule has 9 heteroatoms. The van der Waals surface area contributed by atoms with E-state index in [1.807, 2.05) is 0 Å². The van der Waals surface area contributed by atoms with Gasteiger partial charge in [0.25, 0.3) is 0 Å². The van der Waals surface area contributed by atoms with Crippen molar-refractivity contribution in [1.82, 2.24) is 14.5 Å². The molecule has 1 saturated heterocycles. The van der Waals surface area contributed by atoms with Crippen LogP contribution in [0.25, 0.3) is 0 Å². The van der Waals surface area contributed by atoms with Crippen LogP contribution in [0.15, 0.2) is 4.99 Å². The van der Waals surface area contributed by atoms with Crippen molar-refractivity contribution in [3.63, 3.8) is 0 Å². The average Bonchev–Trinajstić information content (AvgIpc) is 2.95. The van der Waals surface area contributed by atoms with Crippen LogP contribution in [-0.2, 0) is 14.8 Å². The number of nitrogens with one attached hydrogen (secondary N) is 1. The normalized spacial score (nSPS) is 19.1. The number of likely N-dealkylation sites (tertiary alicyclic amines) is 1. The van der Waals surface area contributed by atoms with Gasteiger partial charge in [0.05, 0.1) is 12.4 Å². The molecule has 1 atom stereocenters. The van der Waals surface area contributed by atoms with E-state index in [9.17, 15) is 8.42 Å². The van der Waals surface area contributed by atoms with Crippen molar-refractivity contribution in [2.45, 2.75) is 19.8 Å². The number of aliphatic imine (C=N–C) groups is 1. The van der Waals surface area contributed by atoms with Crippen LogP contribution in [0.5, 0.6) is 0 Å². The molecule has 0 radical (unpaired) electrons. The summed E-state index contributed by atoms with van der Waals surface area (Å²) >= 11 is 0. The van der Waals surface area contributed by atoms with E-state index in [4.69, 9.17) is 4.74 Å². The predicted molar refractivity (Wildman–Crippen MR) is 105 cm³/mol. The molecule has 1 unspecified atom stereocenters. The molecule has 23 heavy (non-hydrogen) atoms. The van der Waals surface area contributed by atoms with Crippen molar-refractivity contribution in [3.8, 4) is 0 Å². The van der Waals surface area contributed by atoms with E-state index >= 15 is 0 Å². The molecule has 0 bridgehead atoms. The lowest BCUT2D eigenvalue weighted by Gasteiger charge is -2.22. The highest BCUT2D eigenvalue weighted by Crippen LogP contribution is 2.16. The summed E-state index contributed by atoms with van der Waals surface area (Å²) < 4.78 is 29.9. The summed E-state index contributed by atoms with van der Waals surface area (Å²) in [6, 6.07) is 0. The summed E-state index contributed by atoms with van der Waals surface area (Å²) in [5, 5.41) is 3.31. The van der Waals surface area contributed by atoms with E-state index in [1.54, 1.807) is 28.1 Å². The topological polar surface area (TPSA) is 74.2 Å². The van der Waals surface area contributed by atoms with Crippen LogP contribution >= 0.6 is 24.0 Å². The second-order valence-corrected chi connectivity index (χ2v) is 7.97. The molecule has 1 rings (SSSR count). The fraction of sp³-hybridized carbons (Fsp3) is 0.929. The van der Waals surface area contributed by atoms with Crippen LogP contribution in [-0.4, -0.2) is 83.3 Å². The third-order valence-electron chi connectivity index (χ3n) is 3.97. The van der Waals surface area contributed by atoms with Gasteiger partial charge in [-0.2, -0.15) is 0 Å². The van der Waals surface area contributed by atoms with Gasteiger partial charge in [0, 0.05) is 53.3 Å². The van der Waals surface area contributed by atoms with Crippen molar-refractivity contribution >= 4 is 40.0 Å². The summed E-state index contributed by atoms with van der Waals surface area (Å²) in [6.45, 7) is 5.62. The zero-order valence-electron chi connectivity index (χ0n) is 14.6. The second kappa shape index (κ2) is 11.4. The first kappa shape index (κ1) is 22.9. The molecule has 0 aromatic rings. The number of guanidine groups is 1. The van der Waals surface area contributed by atoms with Crippen molar-refractivity contribution in [2.24, 2.45) is 10.9 Å². The first-order valence-corrected chi connectivity index (χ1v) is 9.44. The number of ether oxygens (including phenoxy) is 1. The Balaban J connectivity index is 0.00000484. The summed E-state index contributed by atoms with van der Waals surface area (Å²) in [4.78, 5) is 6.54. The second-order valence-electron chi connectivity index (χ2n) is 5.61. The van der Waals surface area contributed by atoms with Gasteiger partial charge in [-0.1, -0.05) is 0 Å². The number of nitrogens with zero attached hydrogens (tertiary/aromatic N) is 3. The maximum absolute atomic E-state index is 11.7. The lowest BCUT2D eigenvalue weighted by molar-refractivity contribution is 0.157. The minimum absolute atomic E-state index is 0. The van der Waals surface area contributed by atoms with Gasteiger partial charge in [0.1, 0.15) is 0 Å². The Morgan fingerprint density at radius 2 is 2.17 bits per heavy atom. The van der Waals surface area contributed by atoms with Crippen LogP contribution in [0.1, 0.15) is 19.8 Å². The molecule has 138 valence electrons. The predicted octanol–water partition coefficient (Wildman–Crippen LogP) is 0.820. The molecule has 7 nitrogen and oxygen atoms in total. The Labute approximate surface area is 157 Å². The van der Waals surface area contributed by atoms with E-state index < -0.39 is 10.0 Å². The van der Waals surface area contributed by atoms with Crippen LogP contribution in [0.4, 0.5) is 0 Å². The molecular weight excluding hydrogens is 431 g/mol. The fourth-order valence-corrected chi connectivity index (χ4v) is 3.44. The van der Waals surface area contributed by atoms with Crippen molar-refractivity contribution in [3.05, 3.63) is 0 Å². The van der Waals surface area contributed by atoms with Crippen LogP contribution in [0, 0.1) is 5.92 Å². The van der Waals surface area contributed by atoms with Crippen LogP contribution < -0.4 is 5.32 Å². The molecule has 0 aromatic heterocycles. The van der Waals surface area contributed by atoms with Gasteiger partial charge in [0.15, 0.2) is 5.96 Å². The van der Waals surface area contributed by atoms with Gasteiger partial charge in [-0.15, -0.1) is 24.0 Å². The van der Waals surface area contributed by atoms with Crippen molar-refractivity contribution in [1.29, 1.82) is 0 Å². The van der Waals surface area contributed by atoms with Gasteiger partial charge < -0.3 is 15.0 Å². The van der Waals surface area contributed by atoms with E-state index in [2.05, 4.69) is 15.2 Å². The Bertz CT molecular complexity index is 459. The molecule has 0 aromatic carbocycles. The SMILES string of the molecule is CCS(=O)(=O)N(C)CCCNC(=NC)N1CCC(COC)C1.I. The number of halogens is 1. The van der Waals surface area contributed by atoms with E-state index in [0.717, 1.165) is 38.5 Å². The molecule has 1 fully saturated rings. The molecule has 0 saturated carbocycles. The monoisotopic (exact) mass is 462 g/mol. The Hall–Kier alpha value is -0.130. The first-order chi connectivity index (χ1) is 10.4. The molecule has 1 N–H and O–H groups in total. The number of hydrogen-bond acceptors (Lipinski definition) is 4. The van der Waals surface area contributed by atoms with Crippen LogP contribution in [0.3, 0.4) is 0 Å².